The zero-order chi connectivity index (χ0) is 27.7. The molecule has 40 heavy (non-hydrogen) atoms. The molecule has 3 heterocycles. The maximum Gasteiger partial charge on any atom is 0.269 e. The fraction of sp³-hybridized carbons (Fsp3) is 0.235. The summed E-state index contributed by atoms with van der Waals surface area (Å²) in [6.45, 7) is 6.57. The van der Waals surface area contributed by atoms with Crippen LogP contribution in [0.1, 0.15) is 43.9 Å². The Bertz CT molecular complexity index is 1640. The van der Waals surface area contributed by atoms with Crippen molar-refractivity contribution in [2.24, 2.45) is 0 Å². The number of amides is 2. The minimum atomic E-state index is -1.15. The van der Waals surface area contributed by atoms with Crippen LogP contribution in [0.5, 0.6) is 11.5 Å². The van der Waals surface area contributed by atoms with E-state index in [0.29, 0.717) is 11.4 Å². The minimum Gasteiger partial charge on any atom is -0.457 e. The highest BCUT2D eigenvalue weighted by atomic mass is 32.2. The van der Waals surface area contributed by atoms with Gasteiger partial charge in [0.25, 0.3) is 5.91 Å². The van der Waals surface area contributed by atoms with Gasteiger partial charge in [0.05, 0.1) is 11.4 Å². The number of carbonyl (C=O) groups excluding carboxylic acids is 2. The van der Waals surface area contributed by atoms with Crippen molar-refractivity contribution in [1.29, 1.82) is 0 Å². The first-order valence-electron chi connectivity index (χ1n) is 13.6. The van der Waals surface area contributed by atoms with Crippen LogP contribution in [0.4, 0.5) is 11.4 Å². The first-order valence-corrected chi connectivity index (χ1v) is 14.6. The van der Waals surface area contributed by atoms with Crippen LogP contribution in [-0.4, -0.2) is 23.1 Å². The highest BCUT2D eigenvalue weighted by molar-refractivity contribution is 8.02. The van der Waals surface area contributed by atoms with Gasteiger partial charge in [-0.05, 0) is 67.8 Å². The number of para-hydroxylation sites is 2. The number of rotatable bonds is 4. The van der Waals surface area contributed by atoms with E-state index in [-0.39, 0.29) is 23.0 Å². The predicted molar refractivity (Wildman–Crippen MR) is 160 cm³/mol. The number of thioether (sulfide) groups is 1. The van der Waals surface area contributed by atoms with Crippen molar-refractivity contribution in [1.82, 2.24) is 0 Å². The zero-order valence-electron chi connectivity index (χ0n) is 22.8. The van der Waals surface area contributed by atoms with Gasteiger partial charge in [0.1, 0.15) is 11.5 Å². The number of ether oxygens (including phenoxy) is 1. The van der Waals surface area contributed by atoms with E-state index in [2.05, 4.69) is 51.1 Å². The van der Waals surface area contributed by atoms with E-state index in [9.17, 15) is 9.59 Å². The Kier molecular flexibility index (Phi) is 5.45. The lowest BCUT2D eigenvalue weighted by Crippen LogP contribution is -2.58. The quantitative estimate of drug-likeness (QED) is 0.271. The second kappa shape index (κ2) is 8.73. The van der Waals surface area contributed by atoms with E-state index in [0.717, 1.165) is 29.0 Å². The van der Waals surface area contributed by atoms with Gasteiger partial charge >= 0.3 is 0 Å². The molecular formula is C34H30N2O3S. The molecule has 0 bridgehead atoms. The number of fused-ring (bicyclic) bond motifs is 1. The van der Waals surface area contributed by atoms with Gasteiger partial charge in [0, 0.05) is 22.2 Å². The molecule has 1 fully saturated rings. The van der Waals surface area contributed by atoms with E-state index in [1.807, 2.05) is 77.7 Å². The van der Waals surface area contributed by atoms with Crippen LogP contribution in [0.25, 0.3) is 0 Å². The number of carbonyl (C=O) groups is 2. The van der Waals surface area contributed by atoms with E-state index in [4.69, 9.17) is 4.74 Å². The Morgan fingerprint density at radius 2 is 1.32 bits per heavy atom. The van der Waals surface area contributed by atoms with Crippen molar-refractivity contribution < 1.29 is 14.3 Å². The molecule has 0 unspecified atom stereocenters. The lowest BCUT2D eigenvalue weighted by atomic mass is 9.65. The van der Waals surface area contributed by atoms with Crippen LogP contribution >= 0.6 is 11.8 Å². The van der Waals surface area contributed by atoms with Crippen molar-refractivity contribution in [3.8, 4) is 11.5 Å². The molecule has 0 N–H and O–H groups in total. The van der Waals surface area contributed by atoms with Crippen LogP contribution in [-0.2, 0) is 19.9 Å². The fourth-order valence-corrected chi connectivity index (χ4v) is 8.32. The number of nitrogens with zero attached hydrogens (tertiary/aromatic N) is 2. The molecule has 2 amide bonds. The molecule has 3 aliphatic rings. The van der Waals surface area contributed by atoms with E-state index in [1.165, 1.54) is 17.3 Å². The van der Waals surface area contributed by atoms with Gasteiger partial charge in [0.15, 0.2) is 0 Å². The molecule has 0 saturated carbocycles. The number of hydrogen-bond donors (Lipinski definition) is 0. The summed E-state index contributed by atoms with van der Waals surface area (Å²) in [5.74, 6) is 1.53. The molecule has 0 aromatic heterocycles. The average molecular weight is 547 g/mol. The first-order chi connectivity index (χ1) is 19.3. The summed E-state index contributed by atoms with van der Waals surface area (Å²) >= 11 is 1.43. The van der Waals surface area contributed by atoms with Crippen molar-refractivity contribution in [3.05, 3.63) is 120 Å². The molecule has 6 heteroatoms. The van der Waals surface area contributed by atoms with Gasteiger partial charge in [0.2, 0.25) is 10.8 Å². The second-order valence-corrected chi connectivity index (χ2v) is 12.8. The third-order valence-electron chi connectivity index (χ3n) is 8.56. The summed E-state index contributed by atoms with van der Waals surface area (Å²) in [6, 6.07) is 33.8. The number of hydrogen-bond acceptors (Lipinski definition) is 4. The lowest BCUT2D eigenvalue weighted by Gasteiger charge is -2.50. The summed E-state index contributed by atoms with van der Waals surface area (Å²) in [5, 5.41) is 0. The van der Waals surface area contributed by atoms with Crippen molar-refractivity contribution in [3.63, 3.8) is 0 Å². The molecule has 7 rings (SSSR count). The Morgan fingerprint density at radius 1 is 0.700 bits per heavy atom. The van der Waals surface area contributed by atoms with Gasteiger partial charge in [-0.2, -0.15) is 0 Å². The summed E-state index contributed by atoms with van der Waals surface area (Å²) in [7, 11) is 0. The first kappa shape index (κ1) is 25.0. The molecule has 0 aliphatic carbocycles. The Balaban J connectivity index is 1.36. The molecule has 5 nitrogen and oxygen atoms in total. The second-order valence-electron chi connectivity index (χ2n) is 11.6. The Labute approximate surface area is 238 Å². The van der Waals surface area contributed by atoms with Crippen molar-refractivity contribution in [2.45, 2.75) is 43.0 Å². The van der Waals surface area contributed by atoms with E-state index in [1.54, 1.807) is 4.90 Å². The van der Waals surface area contributed by atoms with Gasteiger partial charge in [-0.15, -0.1) is 11.8 Å². The molecule has 4 aromatic carbocycles. The predicted octanol–water partition coefficient (Wildman–Crippen LogP) is 7.25. The molecule has 1 spiro atoms. The molecule has 200 valence electrons. The highest BCUT2D eigenvalue weighted by Crippen LogP contribution is 2.62. The number of benzene rings is 4. The Morgan fingerprint density at radius 3 is 2.02 bits per heavy atom. The minimum absolute atomic E-state index is 0.0458. The molecule has 1 saturated heterocycles. The largest absolute Gasteiger partial charge is 0.457 e. The fourth-order valence-electron chi connectivity index (χ4n) is 6.99. The summed E-state index contributed by atoms with van der Waals surface area (Å²) in [4.78, 5) is 30.8. The standard InChI is InChI=1S/C34H30N2O3S/c1-32(2)22-33(3,23-11-6-4-7-12-23)27-15-10-16-28-30(27)36(32)31(38)34(28)35(29(37)21-40-34)24-17-19-26(20-18-24)39-25-13-8-5-9-14-25/h4-20H,21-22H2,1-3H3/t33-,34+/m1/s1. The van der Waals surface area contributed by atoms with Gasteiger partial charge < -0.3 is 9.64 Å². The molecular weight excluding hydrogens is 516 g/mol. The lowest BCUT2D eigenvalue weighted by molar-refractivity contribution is -0.124. The summed E-state index contributed by atoms with van der Waals surface area (Å²) in [6.07, 6.45) is 0.770. The zero-order valence-corrected chi connectivity index (χ0v) is 23.6. The van der Waals surface area contributed by atoms with Crippen LogP contribution in [0, 0.1) is 0 Å². The monoisotopic (exact) mass is 546 g/mol. The average Bonchev–Trinajstić information content (AvgIpc) is 3.44. The van der Waals surface area contributed by atoms with Gasteiger partial charge in [-0.3, -0.25) is 14.5 Å². The SMILES string of the molecule is CC1(C)C[C@](C)(c2ccccc2)c2cccc3c2N1C(=O)[C@@]31SCC(=O)N1c1ccc(Oc2ccccc2)cc1. The molecule has 0 radical (unpaired) electrons. The van der Waals surface area contributed by atoms with Gasteiger partial charge in [-0.25, -0.2) is 0 Å². The summed E-state index contributed by atoms with van der Waals surface area (Å²) in [5.41, 5.74) is 4.14. The maximum absolute atomic E-state index is 14.7. The third kappa shape index (κ3) is 3.42. The van der Waals surface area contributed by atoms with Crippen LogP contribution < -0.4 is 14.5 Å². The van der Waals surface area contributed by atoms with Crippen molar-refractivity contribution >= 4 is 35.0 Å². The highest BCUT2D eigenvalue weighted by Gasteiger charge is 2.65. The maximum atomic E-state index is 14.7. The van der Waals surface area contributed by atoms with E-state index >= 15 is 0 Å². The normalized spacial score (nSPS) is 24.5. The van der Waals surface area contributed by atoms with Crippen LogP contribution in [0.15, 0.2) is 103 Å². The smallest absolute Gasteiger partial charge is 0.269 e. The summed E-state index contributed by atoms with van der Waals surface area (Å²) < 4.78 is 5.98. The molecule has 2 atom stereocenters. The van der Waals surface area contributed by atoms with E-state index < -0.39 is 10.4 Å². The molecule has 4 aromatic rings. The third-order valence-corrected chi connectivity index (χ3v) is 9.94. The number of anilines is 2. The Hall–Kier alpha value is -4.03. The topological polar surface area (TPSA) is 49.9 Å². The molecule has 3 aliphatic heterocycles. The van der Waals surface area contributed by atoms with Crippen LogP contribution in [0.2, 0.25) is 0 Å². The van der Waals surface area contributed by atoms with Crippen molar-refractivity contribution in [2.75, 3.05) is 15.6 Å². The van der Waals surface area contributed by atoms with Crippen LogP contribution in [0.3, 0.4) is 0 Å². The van der Waals surface area contributed by atoms with Gasteiger partial charge in [-0.1, -0.05) is 73.7 Å².